The second kappa shape index (κ2) is 4.09. The van der Waals surface area contributed by atoms with E-state index in [0.717, 1.165) is 18.2 Å². The minimum absolute atomic E-state index is 0.0630. The van der Waals surface area contributed by atoms with E-state index in [1.54, 1.807) is 6.20 Å². The zero-order valence-corrected chi connectivity index (χ0v) is 10.2. The summed E-state index contributed by atoms with van der Waals surface area (Å²) in [6, 6.07) is 1.43. The molecule has 1 fully saturated rings. The largest absolute Gasteiger partial charge is 0.460 e. The quantitative estimate of drug-likeness (QED) is 0.742. The van der Waals surface area contributed by atoms with Gasteiger partial charge in [0.05, 0.1) is 12.1 Å². The van der Waals surface area contributed by atoms with E-state index in [0.29, 0.717) is 0 Å². The monoisotopic (exact) mass is 237 g/mol. The molecule has 0 amide bonds. The predicted octanol–water partition coefficient (Wildman–Crippen LogP) is 2.67. The van der Waals surface area contributed by atoms with Crippen molar-refractivity contribution in [1.82, 2.24) is 4.98 Å². The van der Waals surface area contributed by atoms with Gasteiger partial charge in [-0.25, -0.2) is 4.39 Å². The molecule has 1 aromatic heterocycles. The number of carbonyl (C=O) groups excluding carboxylic acids is 1. The Labute approximate surface area is 100 Å². The molecule has 0 radical (unpaired) electrons. The maximum atomic E-state index is 13.0. The molecule has 17 heavy (non-hydrogen) atoms. The van der Waals surface area contributed by atoms with E-state index in [1.807, 2.05) is 20.8 Å². The second-order valence-corrected chi connectivity index (χ2v) is 5.42. The van der Waals surface area contributed by atoms with Crippen LogP contribution in [0, 0.1) is 11.7 Å². The molecular formula is C13H16FNO2. The van der Waals surface area contributed by atoms with Crippen molar-refractivity contribution in [1.29, 1.82) is 0 Å². The Kier molecular flexibility index (Phi) is 2.89. The summed E-state index contributed by atoms with van der Waals surface area (Å²) in [4.78, 5) is 15.5. The number of halogens is 1. The molecule has 0 saturated heterocycles. The molecule has 0 bridgehead atoms. The van der Waals surface area contributed by atoms with Crippen LogP contribution in [0.1, 0.15) is 38.7 Å². The third-order valence-electron chi connectivity index (χ3n) is 2.65. The minimum Gasteiger partial charge on any atom is -0.460 e. The van der Waals surface area contributed by atoms with E-state index >= 15 is 0 Å². The van der Waals surface area contributed by atoms with Crippen molar-refractivity contribution < 1.29 is 13.9 Å². The highest BCUT2D eigenvalue weighted by Gasteiger charge is 2.46. The van der Waals surface area contributed by atoms with E-state index < -0.39 is 5.60 Å². The molecule has 2 atom stereocenters. The first-order valence-electron chi connectivity index (χ1n) is 5.70. The van der Waals surface area contributed by atoms with Crippen LogP contribution >= 0.6 is 0 Å². The molecule has 0 aromatic carbocycles. The third kappa shape index (κ3) is 3.02. The Morgan fingerprint density at radius 2 is 2.18 bits per heavy atom. The fourth-order valence-corrected chi connectivity index (χ4v) is 1.83. The Morgan fingerprint density at radius 1 is 1.47 bits per heavy atom. The van der Waals surface area contributed by atoms with Crippen LogP contribution in [0.4, 0.5) is 4.39 Å². The lowest BCUT2D eigenvalue weighted by Gasteiger charge is -2.19. The summed E-state index contributed by atoms with van der Waals surface area (Å²) >= 11 is 0. The van der Waals surface area contributed by atoms with Crippen molar-refractivity contribution in [2.45, 2.75) is 38.7 Å². The van der Waals surface area contributed by atoms with Crippen molar-refractivity contribution >= 4 is 5.97 Å². The Balaban J connectivity index is 1.99. The van der Waals surface area contributed by atoms with Gasteiger partial charge in [-0.1, -0.05) is 0 Å². The fraction of sp³-hybridized carbons (Fsp3) is 0.538. The van der Waals surface area contributed by atoms with Crippen LogP contribution in [0.5, 0.6) is 0 Å². The highest BCUT2D eigenvalue weighted by atomic mass is 19.1. The van der Waals surface area contributed by atoms with Gasteiger partial charge in [-0.05, 0) is 44.7 Å². The van der Waals surface area contributed by atoms with Gasteiger partial charge in [-0.2, -0.15) is 0 Å². The average molecular weight is 237 g/mol. The maximum absolute atomic E-state index is 13.0. The smallest absolute Gasteiger partial charge is 0.310 e. The van der Waals surface area contributed by atoms with Crippen LogP contribution in [0.3, 0.4) is 0 Å². The van der Waals surface area contributed by atoms with Crippen LogP contribution in [0.15, 0.2) is 18.5 Å². The summed E-state index contributed by atoms with van der Waals surface area (Å²) in [6.45, 7) is 5.52. The first kappa shape index (κ1) is 12.0. The molecule has 4 heteroatoms. The number of aromatic nitrogens is 1. The molecule has 1 aromatic rings. The number of hydrogen-bond donors (Lipinski definition) is 0. The maximum Gasteiger partial charge on any atom is 0.310 e. The van der Waals surface area contributed by atoms with Crippen molar-refractivity contribution in [3.63, 3.8) is 0 Å². The summed E-state index contributed by atoms with van der Waals surface area (Å²) < 4.78 is 18.3. The van der Waals surface area contributed by atoms with Gasteiger partial charge in [0.2, 0.25) is 0 Å². The lowest BCUT2D eigenvalue weighted by atomic mass is 10.1. The lowest BCUT2D eigenvalue weighted by molar-refractivity contribution is -0.156. The Bertz CT molecular complexity index is 439. The van der Waals surface area contributed by atoms with Crippen LogP contribution < -0.4 is 0 Å². The molecule has 2 rings (SSSR count). The number of ether oxygens (including phenoxy) is 1. The van der Waals surface area contributed by atoms with Gasteiger partial charge in [-0.15, -0.1) is 0 Å². The summed E-state index contributed by atoms with van der Waals surface area (Å²) in [7, 11) is 0. The number of esters is 1. The van der Waals surface area contributed by atoms with E-state index in [1.165, 1.54) is 6.07 Å². The molecule has 0 N–H and O–H groups in total. The zero-order chi connectivity index (χ0) is 12.6. The van der Waals surface area contributed by atoms with Crippen molar-refractivity contribution in [2.24, 2.45) is 5.92 Å². The van der Waals surface area contributed by atoms with Crippen molar-refractivity contribution in [3.05, 3.63) is 29.8 Å². The van der Waals surface area contributed by atoms with E-state index in [2.05, 4.69) is 4.98 Å². The van der Waals surface area contributed by atoms with E-state index in [4.69, 9.17) is 4.74 Å². The molecule has 3 nitrogen and oxygen atoms in total. The molecule has 1 saturated carbocycles. The average Bonchev–Trinajstić information content (AvgIpc) is 2.94. The molecule has 2 unspecified atom stereocenters. The van der Waals surface area contributed by atoms with Crippen LogP contribution in [-0.4, -0.2) is 16.6 Å². The topological polar surface area (TPSA) is 39.2 Å². The Hall–Kier alpha value is -1.45. The van der Waals surface area contributed by atoms with Gasteiger partial charge in [0.15, 0.2) is 0 Å². The number of rotatable bonds is 2. The second-order valence-electron chi connectivity index (χ2n) is 5.42. The molecule has 1 aliphatic rings. The van der Waals surface area contributed by atoms with E-state index in [-0.39, 0.29) is 23.6 Å². The van der Waals surface area contributed by atoms with Crippen LogP contribution in [-0.2, 0) is 9.53 Å². The van der Waals surface area contributed by atoms with Gasteiger partial charge in [0.25, 0.3) is 0 Å². The highest BCUT2D eigenvalue weighted by molar-refractivity contribution is 5.77. The number of nitrogens with zero attached hydrogens (tertiary/aromatic N) is 1. The van der Waals surface area contributed by atoms with Crippen LogP contribution in [0.2, 0.25) is 0 Å². The molecule has 0 aliphatic heterocycles. The van der Waals surface area contributed by atoms with Gasteiger partial charge < -0.3 is 4.74 Å². The third-order valence-corrected chi connectivity index (χ3v) is 2.65. The first-order valence-corrected chi connectivity index (χ1v) is 5.70. The number of pyridine rings is 1. The van der Waals surface area contributed by atoms with Crippen molar-refractivity contribution in [2.75, 3.05) is 0 Å². The lowest BCUT2D eigenvalue weighted by Crippen LogP contribution is -2.25. The van der Waals surface area contributed by atoms with Crippen LogP contribution in [0.25, 0.3) is 0 Å². The molecular weight excluding hydrogens is 221 g/mol. The molecule has 1 aliphatic carbocycles. The standard InChI is InChI=1S/C13H16FNO2/c1-13(2,3)17-12(16)11-5-10(11)8-4-9(14)7-15-6-8/h4,6-7,10-11H,5H2,1-3H3. The summed E-state index contributed by atoms with van der Waals surface area (Å²) in [5, 5.41) is 0. The molecule has 92 valence electrons. The van der Waals surface area contributed by atoms with Crippen molar-refractivity contribution in [3.8, 4) is 0 Å². The number of hydrogen-bond acceptors (Lipinski definition) is 3. The summed E-state index contributed by atoms with van der Waals surface area (Å²) in [6.07, 6.45) is 3.49. The molecule has 1 heterocycles. The summed E-state index contributed by atoms with van der Waals surface area (Å²) in [5.74, 6) is -0.644. The predicted molar refractivity (Wildman–Crippen MR) is 60.9 cm³/mol. The Morgan fingerprint density at radius 3 is 2.76 bits per heavy atom. The highest BCUT2D eigenvalue weighted by Crippen LogP contribution is 2.48. The fourth-order valence-electron chi connectivity index (χ4n) is 1.83. The summed E-state index contributed by atoms with van der Waals surface area (Å²) in [5.41, 5.74) is 0.311. The zero-order valence-electron chi connectivity index (χ0n) is 10.2. The number of carbonyl (C=O) groups is 1. The minimum atomic E-state index is -0.468. The SMILES string of the molecule is CC(C)(C)OC(=O)C1CC1c1cncc(F)c1. The first-order chi connectivity index (χ1) is 7.87. The van der Waals surface area contributed by atoms with Gasteiger partial charge >= 0.3 is 5.97 Å². The van der Waals surface area contributed by atoms with Gasteiger partial charge in [0.1, 0.15) is 11.4 Å². The normalized spacial score (nSPS) is 23.3. The van der Waals surface area contributed by atoms with Gasteiger partial charge in [0, 0.05) is 6.20 Å². The van der Waals surface area contributed by atoms with Gasteiger partial charge in [-0.3, -0.25) is 9.78 Å². The van der Waals surface area contributed by atoms with E-state index in [9.17, 15) is 9.18 Å². The molecule has 0 spiro atoms.